The molecular formula is C15H21NO2. The summed E-state index contributed by atoms with van der Waals surface area (Å²) in [5.74, 6) is 0. The number of aliphatic hydroxyl groups excluding tert-OH is 1. The van der Waals surface area contributed by atoms with Crippen LogP contribution in [0.5, 0.6) is 0 Å². The van der Waals surface area contributed by atoms with Crippen LogP contribution in [0.25, 0.3) is 0 Å². The molecule has 0 spiro atoms. The normalized spacial score (nSPS) is 35.9. The highest BCUT2D eigenvalue weighted by Crippen LogP contribution is 2.53. The molecule has 0 radical (unpaired) electrons. The molecule has 3 nitrogen and oxygen atoms in total. The minimum atomic E-state index is -0.515. The highest BCUT2D eigenvalue weighted by atomic mass is 16.5. The van der Waals surface area contributed by atoms with E-state index in [9.17, 15) is 5.11 Å². The Hall–Kier alpha value is -0.900. The molecule has 3 heteroatoms. The van der Waals surface area contributed by atoms with E-state index >= 15 is 0 Å². The van der Waals surface area contributed by atoms with Gasteiger partial charge in [0.2, 0.25) is 0 Å². The zero-order valence-electron chi connectivity index (χ0n) is 10.8. The highest BCUT2D eigenvalue weighted by Gasteiger charge is 2.55. The van der Waals surface area contributed by atoms with Crippen LogP contribution >= 0.6 is 0 Å². The number of hydrogen-bond donors (Lipinski definition) is 2. The average Bonchev–Trinajstić information content (AvgIpc) is 2.99. The van der Waals surface area contributed by atoms with Crippen LogP contribution < -0.4 is 5.73 Å². The van der Waals surface area contributed by atoms with Gasteiger partial charge in [-0.05, 0) is 31.7 Å². The van der Waals surface area contributed by atoms with E-state index in [2.05, 4.69) is 6.92 Å². The lowest BCUT2D eigenvalue weighted by molar-refractivity contribution is -0.0264. The van der Waals surface area contributed by atoms with Gasteiger partial charge in [0.1, 0.15) is 0 Å². The van der Waals surface area contributed by atoms with Gasteiger partial charge in [-0.25, -0.2) is 0 Å². The number of ether oxygens (including phenoxy) is 1. The fourth-order valence-electron chi connectivity index (χ4n) is 3.53. The Morgan fingerprint density at radius 3 is 2.61 bits per heavy atom. The lowest BCUT2D eigenvalue weighted by Crippen LogP contribution is -2.44. The molecule has 0 aromatic heterocycles. The van der Waals surface area contributed by atoms with Crippen molar-refractivity contribution < 1.29 is 9.84 Å². The molecule has 2 bridgehead atoms. The minimum Gasteiger partial charge on any atom is -0.388 e. The van der Waals surface area contributed by atoms with Gasteiger partial charge in [0.15, 0.2) is 0 Å². The monoisotopic (exact) mass is 247 g/mol. The second kappa shape index (κ2) is 4.34. The van der Waals surface area contributed by atoms with E-state index in [0.717, 1.165) is 24.8 Å². The van der Waals surface area contributed by atoms with Crippen LogP contribution in [0.1, 0.15) is 36.5 Å². The van der Waals surface area contributed by atoms with E-state index in [1.54, 1.807) is 0 Å². The van der Waals surface area contributed by atoms with Gasteiger partial charge in [0.25, 0.3) is 0 Å². The van der Waals surface area contributed by atoms with Gasteiger partial charge in [0.05, 0.1) is 18.3 Å². The summed E-state index contributed by atoms with van der Waals surface area (Å²) in [6.45, 7) is 2.54. The van der Waals surface area contributed by atoms with Gasteiger partial charge in [-0.15, -0.1) is 0 Å². The smallest absolute Gasteiger partial charge is 0.0884 e. The molecular weight excluding hydrogens is 226 g/mol. The van der Waals surface area contributed by atoms with Crippen LogP contribution in [0.4, 0.5) is 0 Å². The van der Waals surface area contributed by atoms with E-state index in [1.807, 2.05) is 24.3 Å². The summed E-state index contributed by atoms with van der Waals surface area (Å²) in [5.41, 5.74) is 7.87. The van der Waals surface area contributed by atoms with Crippen molar-refractivity contribution in [2.75, 3.05) is 6.54 Å². The number of benzene rings is 1. The predicted octanol–water partition coefficient (Wildman–Crippen LogP) is 1.92. The molecule has 2 aliphatic heterocycles. The lowest BCUT2D eigenvalue weighted by Gasteiger charge is -2.38. The SMILES string of the molecule is Cc1ccc(C(O)C2(CN)CC3CCC2O3)cc1. The quantitative estimate of drug-likeness (QED) is 0.858. The summed E-state index contributed by atoms with van der Waals surface area (Å²) in [6, 6.07) is 8.08. The lowest BCUT2D eigenvalue weighted by atomic mass is 9.68. The predicted molar refractivity (Wildman–Crippen MR) is 70.1 cm³/mol. The molecule has 3 rings (SSSR count). The number of nitrogens with two attached hydrogens (primary N) is 1. The van der Waals surface area contributed by atoms with Crippen molar-refractivity contribution >= 4 is 0 Å². The van der Waals surface area contributed by atoms with E-state index in [0.29, 0.717) is 12.6 Å². The molecule has 98 valence electrons. The van der Waals surface area contributed by atoms with E-state index < -0.39 is 6.10 Å². The van der Waals surface area contributed by atoms with Crippen LogP contribution in [-0.4, -0.2) is 23.9 Å². The van der Waals surface area contributed by atoms with Crippen molar-refractivity contribution in [1.29, 1.82) is 0 Å². The Morgan fingerprint density at radius 2 is 2.11 bits per heavy atom. The molecule has 3 N–H and O–H groups in total. The van der Waals surface area contributed by atoms with Crippen LogP contribution in [0, 0.1) is 12.3 Å². The van der Waals surface area contributed by atoms with Crippen molar-refractivity contribution in [3.8, 4) is 0 Å². The molecule has 4 unspecified atom stereocenters. The van der Waals surface area contributed by atoms with Crippen LogP contribution in [0.15, 0.2) is 24.3 Å². The van der Waals surface area contributed by atoms with E-state index in [1.165, 1.54) is 5.56 Å². The fraction of sp³-hybridized carbons (Fsp3) is 0.600. The largest absolute Gasteiger partial charge is 0.388 e. The number of hydrogen-bond acceptors (Lipinski definition) is 3. The Bertz CT molecular complexity index is 431. The molecule has 0 saturated carbocycles. The van der Waals surface area contributed by atoms with Crippen LogP contribution in [0.3, 0.4) is 0 Å². The molecule has 2 heterocycles. The Morgan fingerprint density at radius 1 is 1.39 bits per heavy atom. The maximum Gasteiger partial charge on any atom is 0.0884 e. The van der Waals surface area contributed by atoms with Crippen molar-refractivity contribution in [3.05, 3.63) is 35.4 Å². The van der Waals surface area contributed by atoms with Crippen LogP contribution in [0.2, 0.25) is 0 Å². The van der Waals surface area contributed by atoms with Gasteiger partial charge >= 0.3 is 0 Å². The topological polar surface area (TPSA) is 55.5 Å². The first kappa shape index (κ1) is 12.2. The summed E-state index contributed by atoms with van der Waals surface area (Å²) in [7, 11) is 0. The molecule has 4 atom stereocenters. The van der Waals surface area contributed by atoms with Gasteiger partial charge < -0.3 is 15.6 Å². The van der Waals surface area contributed by atoms with Gasteiger partial charge in [-0.3, -0.25) is 0 Å². The summed E-state index contributed by atoms with van der Waals surface area (Å²) < 4.78 is 5.91. The second-order valence-electron chi connectivity index (χ2n) is 5.78. The molecule has 18 heavy (non-hydrogen) atoms. The number of aliphatic hydroxyl groups is 1. The highest BCUT2D eigenvalue weighted by molar-refractivity contribution is 5.26. The Labute approximate surface area is 108 Å². The zero-order valence-corrected chi connectivity index (χ0v) is 10.8. The average molecular weight is 247 g/mol. The first-order valence-electron chi connectivity index (χ1n) is 6.76. The fourth-order valence-corrected chi connectivity index (χ4v) is 3.53. The van der Waals surface area contributed by atoms with Crippen molar-refractivity contribution in [1.82, 2.24) is 0 Å². The first-order valence-corrected chi connectivity index (χ1v) is 6.76. The standard InChI is InChI=1S/C15H21NO2/c1-10-2-4-11(5-3-10)14(17)15(9-16)8-12-6-7-13(15)18-12/h2-5,12-14,17H,6-9,16H2,1H3. The van der Waals surface area contributed by atoms with E-state index in [-0.39, 0.29) is 11.5 Å². The summed E-state index contributed by atoms with van der Waals surface area (Å²) >= 11 is 0. The molecule has 0 aliphatic carbocycles. The molecule has 2 fully saturated rings. The molecule has 1 aromatic carbocycles. The third-order valence-corrected chi connectivity index (χ3v) is 4.67. The maximum atomic E-state index is 10.7. The van der Waals surface area contributed by atoms with Gasteiger partial charge in [-0.2, -0.15) is 0 Å². The Kier molecular flexibility index (Phi) is 2.93. The first-order chi connectivity index (χ1) is 8.65. The molecule has 2 aliphatic rings. The molecule has 0 amide bonds. The number of fused-ring (bicyclic) bond motifs is 2. The summed E-state index contributed by atoms with van der Waals surface area (Å²) in [5, 5.41) is 10.7. The second-order valence-corrected chi connectivity index (χ2v) is 5.78. The molecule has 2 saturated heterocycles. The van der Waals surface area contributed by atoms with Crippen molar-refractivity contribution in [2.45, 2.75) is 44.5 Å². The third-order valence-electron chi connectivity index (χ3n) is 4.67. The van der Waals surface area contributed by atoms with Crippen LogP contribution in [-0.2, 0) is 4.74 Å². The maximum absolute atomic E-state index is 10.7. The zero-order chi connectivity index (χ0) is 12.8. The van der Waals surface area contributed by atoms with Gasteiger partial charge in [-0.1, -0.05) is 29.8 Å². The summed E-state index contributed by atoms with van der Waals surface area (Å²) in [6.07, 6.45) is 2.96. The Balaban J connectivity index is 1.90. The molecule has 1 aromatic rings. The van der Waals surface area contributed by atoms with Gasteiger partial charge in [0, 0.05) is 12.0 Å². The number of aryl methyl sites for hydroxylation is 1. The van der Waals surface area contributed by atoms with E-state index in [4.69, 9.17) is 10.5 Å². The minimum absolute atomic E-state index is 0.129. The number of rotatable bonds is 3. The van der Waals surface area contributed by atoms with Crippen molar-refractivity contribution in [2.24, 2.45) is 11.1 Å². The summed E-state index contributed by atoms with van der Waals surface area (Å²) in [4.78, 5) is 0. The third kappa shape index (κ3) is 1.69. The van der Waals surface area contributed by atoms with Crippen molar-refractivity contribution in [3.63, 3.8) is 0 Å².